The van der Waals surface area contributed by atoms with Crippen LogP contribution in [0.25, 0.3) is 5.70 Å². The minimum absolute atomic E-state index is 0.0686. The maximum absolute atomic E-state index is 10.7. The predicted octanol–water partition coefficient (Wildman–Crippen LogP) is -0.715. The van der Waals surface area contributed by atoms with Crippen molar-refractivity contribution in [1.29, 1.82) is 0 Å². The summed E-state index contributed by atoms with van der Waals surface area (Å²) in [5.74, 6) is 5.78. The van der Waals surface area contributed by atoms with Gasteiger partial charge in [-0.25, -0.2) is 5.84 Å². The third kappa shape index (κ3) is 1.55. The van der Waals surface area contributed by atoms with E-state index in [-0.39, 0.29) is 17.2 Å². The molecule has 0 aromatic heterocycles. The van der Waals surface area contributed by atoms with E-state index in [1.54, 1.807) is 0 Å². The van der Waals surface area contributed by atoms with Gasteiger partial charge in [-0.15, -0.1) is 0 Å². The van der Waals surface area contributed by atoms with Crippen LogP contribution in [-0.4, -0.2) is 9.93 Å². The molecule has 1 aromatic rings. The summed E-state index contributed by atoms with van der Waals surface area (Å²) >= 11 is 0. The van der Waals surface area contributed by atoms with Crippen LogP contribution in [0.5, 0.6) is 0 Å². The molecule has 0 bridgehead atoms. The lowest BCUT2D eigenvalue weighted by Gasteiger charge is -2.33. The van der Waals surface area contributed by atoms with Gasteiger partial charge in [-0.05, 0) is 6.07 Å². The minimum atomic E-state index is -0.753. The van der Waals surface area contributed by atoms with E-state index in [1.807, 2.05) is 0 Å². The SMILES string of the molecule is NC1=C(N)N(N)C(N)c2cc([N+](=O)[O-])ccc21. The first-order valence-electron chi connectivity index (χ1n) is 4.77. The molecule has 0 radical (unpaired) electrons. The topological polar surface area (TPSA) is 150 Å². The molecule has 1 aliphatic rings. The summed E-state index contributed by atoms with van der Waals surface area (Å²) in [6.07, 6.45) is -0.753. The molecule has 0 amide bonds. The monoisotopic (exact) mass is 236 g/mol. The van der Waals surface area contributed by atoms with E-state index in [4.69, 9.17) is 23.0 Å². The van der Waals surface area contributed by atoms with Gasteiger partial charge in [0.1, 0.15) is 12.0 Å². The van der Waals surface area contributed by atoms with E-state index >= 15 is 0 Å². The van der Waals surface area contributed by atoms with Gasteiger partial charge in [0.15, 0.2) is 0 Å². The molecule has 8 nitrogen and oxygen atoms in total. The van der Waals surface area contributed by atoms with E-state index < -0.39 is 11.1 Å². The molecule has 8 heteroatoms. The van der Waals surface area contributed by atoms with E-state index in [0.29, 0.717) is 11.1 Å². The second-order valence-corrected chi connectivity index (χ2v) is 3.68. The van der Waals surface area contributed by atoms with Gasteiger partial charge >= 0.3 is 0 Å². The fourth-order valence-corrected chi connectivity index (χ4v) is 1.73. The van der Waals surface area contributed by atoms with Gasteiger partial charge in [0.2, 0.25) is 0 Å². The molecule has 2 rings (SSSR count). The van der Waals surface area contributed by atoms with Crippen LogP contribution in [-0.2, 0) is 0 Å². The third-order valence-electron chi connectivity index (χ3n) is 2.71. The number of nitrogens with two attached hydrogens (primary N) is 4. The summed E-state index contributed by atoms with van der Waals surface area (Å²) in [5.41, 5.74) is 18.5. The highest BCUT2D eigenvalue weighted by Gasteiger charge is 2.28. The Labute approximate surface area is 96.6 Å². The number of non-ortho nitro benzene ring substituents is 1. The smallest absolute Gasteiger partial charge is 0.269 e. The Morgan fingerprint density at radius 2 is 2.00 bits per heavy atom. The van der Waals surface area contributed by atoms with Gasteiger partial charge in [0.05, 0.1) is 10.6 Å². The van der Waals surface area contributed by atoms with E-state index in [0.717, 1.165) is 5.01 Å². The number of hydrogen-bond donors (Lipinski definition) is 4. The first kappa shape index (κ1) is 11.2. The summed E-state index contributed by atoms with van der Waals surface area (Å²) in [6.45, 7) is 0. The van der Waals surface area contributed by atoms with Crippen molar-refractivity contribution in [2.45, 2.75) is 6.17 Å². The molecule has 1 aliphatic heterocycles. The van der Waals surface area contributed by atoms with Crippen LogP contribution in [0.15, 0.2) is 24.0 Å². The minimum Gasteiger partial charge on any atom is -0.395 e. The summed E-state index contributed by atoms with van der Waals surface area (Å²) in [4.78, 5) is 10.2. The number of rotatable bonds is 1. The van der Waals surface area contributed by atoms with Crippen LogP contribution in [0, 0.1) is 10.1 Å². The van der Waals surface area contributed by atoms with Gasteiger partial charge in [-0.2, -0.15) is 0 Å². The van der Waals surface area contributed by atoms with Crippen LogP contribution < -0.4 is 23.0 Å². The number of fused-ring (bicyclic) bond motifs is 1. The van der Waals surface area contributed by atoms with E-state index in [2.05, 4.69) is 0 Å². The van der Waals surface area contributed by atoms with Crippen molar-refractivity contribution in [2.75, 3.05) is 0 Å². The Morgan fingerprint density at radius 1 is 1.35 bits per heavy atom. The van der Waals surface area contributed by atoms with Crippen molar-refractivity contribution < 1.29 is 4.92 Å². The Kier molecular flexibility index (Phi) is 2.37. The molecule has 1 atom stereocenters. The molecule has 17 heavy (non-hydrogen) atoms. The molecule has 1 aromatic carbocycles. The summed E-state index contributed by atoms with van der Waals surface area (Å²) in [5, 5.41) is 11.8. The second kappa shape index (κ2) is 3.61. The highest BCUT2D eigenvalue weighted by Crippen LogP contribution is 2.32. The lowest BCUT2D eigenvalue weighted by molar-refractivity contribution is -0.385. The lowest BCUT2D eigenvalue weighted by atomic mass is 9.98. The largest absolute Gasteiger partial charge is 0.395 e. The number of nitrogens with zero attached hydrogens (tertiary/aromatic N) is 2. The normalized spacial score (nSPS) is 19.2. The Bertz CT molecular complexity index is 526. The van der Waals surface area contributed by atoms with Crippen LogP contribution in [0.3, 0.4) is 0 Å². The van der Waals surface area contributed by atoms with Crippen molar-refractivity contribution >= 4 is 11.4 Å². The average Bonchev–Trinajstić information content (AvgIpc) is 2.32. The molecule has 0 spiro atoms. The van der Waals surface area contributed by atoms with E-state index in [9.17, 15) is 10.1 Å². The quantitative estimate of drug-likeness (QED) is 0.285. The molecular weight excluding hydrogens is 224 g/mol. The van der Waals surface area contributed by atoms with Crippen LogP contribution >= 0.6 is 0 Å². The fraction of sp³-hybridized carbons (Fsp3) is 0.111. The lowest BCUT2D eigenvalue weighted by Crippen LogP contribution is -2.46. The molecule has 1 heterocycles. The van der Waals surface area contributed by atoms with Crippen LogP contribution in [0.1, 0.15) is 17.3 Å². The van der Waals surface area contributed by atoms with Gasteiger partial charge in [-0.1, -0.05) is 0 Å². The zero-order valence-electron chi connectivity index (χ0n) is 8.83. The van der Waals surface area contributed by atoms with Gasteiger partial charge in [0.25, 0.3) is 5.69 Å². The molecule has 0 fully saturated rings. The maximum atomic E-state index is 10.7. The maximum Gasteiger partial charge on any atom is 0.269 e. The zero-order valence-corrected chi connectivity index (χ0v) is 8.83. The van der Waals surface area contributed by atoms with Crippen molar-refractivity contribution in [1.82, 2.24) is 5.01 Å². The number of hydrogen-bond acceptors (Lipinski definition) is 7. The zero-order chi connectivity index (χ0) is 12.7. The molecule has 0 saturated carbocycles. The van der Waals surface area contributed by atoms with Crippen LogP contribution in [0.2, 0.25) is 0 Å². The standard InChI is InChI=1S/C9H12N6O2/c10-7-5-2-1-4(15(16)17)3-6(5)8(11)14(13)9(7)12/h1-3,8H,10-13H2. The summed E-state index contributed by atoms with van der Waals surface area (Å²) < 4.78 is 0. The van der Waals surface area contributed by atoms with Crippen LogP contribution in [0.4, 0.5) is 5.69 Å². The highest BCUT2D eigenvalue weighted by molar-refractivity contribution is 5.71. The predicted molar refractivity (Wildman–Crippen MR) is 61.3 cm³/mol. The number of nitro groups is 1. The van der Waals surface area contributed by atoms with Crippen molar-refractivity contribution in [2.24, 2.45) is 23.0 Å². The molecule has 90 valence electrons. The second-order valence-electron chi connectivity index (χ2n) is 3.68. The van der Waals surface area contributed by atoms with Gasteiger partial charge < -0.3 is 17.2 Å². The Morgan fingerprint density at radius 3 is 2.59 bits per heavy atom. The first-order valence-corrected chi connectivity index (χ1v) is 4.77. The van der Waals surface area contributed by atoms with Gasteiger partial charge in [0, 0.05) is 23.3 Å². The van der Waals surface area contributed by atoms with E-state index in [1.165, 1.54) is 18.2 Å². The Balaban J connectivity index is 2.64. The molecule has 0 saturated heterocycles. The van der Waals surface area contributed by atoms with Crippen molar-refractivity contribution in [3.05, 3.63) is 45.3 Å². The molecule has 8 N–H and O–H groups in total. The van der Waals surface area contributed by atoms with Crippen molar-refractivity contribution in [3.63, 3.8) is 0 Å². The number of hydrazine groups is 1. The first-order chi connectivity index (χ1) is 7.93. The average molecular weight is 236 g/mol. The number of benzene rings is 1. The molecule has 1 unspecified atom stereocenters. The summed E-state index contributed by atoms with van der Waals surface area (Å²) in [6, 6.07) is 4.21. The number of nitro benzene ring substituents is 1. The van der Waals surface area contributed by atoms with Crippen molar-refractivity contribution in [3.8, 4) is 0 Å². The van der Waals surface area contributed by atoms with Gasteiger partial charge in [-0.3, -0.25) is 15.1 Å². The highest BCUT2D eigenvalue weighted by atomic mass is 16.6. The molecule has 0 aliphatic carbocycles. The third-order valence-corrected chi connectivity index (χ3v) is 2.71. The Hall–Kier alpha value is -2.32. The fourth-order valence-electron chi connectivity index (χ4n) is 1.73. The summed E-state index contributed by atoms with van der Waals surface area (Å²) in [7, 11) is 0. The molecular formula is C9H12N6O2.